The molecule has 0 bridgehead atoms. The number of hydrogen-bond acceptors (Lipinski definition) is 2. The number of hydrogen-bond donors (Lipinski definition) is 1. The van der Waals surface area contributed by atoms with Crippen LogP contribution in [0.4, 0.5) is 0 Å². The van der Waals surface area contributed by atoms with Gasteiger partial charge < -0.3 is 9.67 Å². The molecule has 1 N–H and O–H groups in total. The number of benzene rings is 1. The van der Waals surface area contributed by atoms with Crippen LogP contribution in [0.15, 0.2) is 24.3 Å². The van der Waals surface area contributed by atoms with Crippen LogP contribution in [0.1, 0.15) is 38.4 Å². The normalized spacial score (nSPS) is 11.2. The smallest absolute Gasteiger partial charge is 0.109 e. The zero-order chi connectivity index (χ0) is 12.8. The molecule has 0 saturated heterocycles. The molecule has 0 atom stereocenters. The lowest BCUT2D eigenvalue weighted by Gasteiger charge is -2.07. The minimum absolute atomic E-state index is 0.314. The van der Waals surface area contributed by atoms with Crippen LogP contribution in [0.3, 0.4) is 0 Å². The number of aryl methyl sites for hydroxylation is 2. The molecule has 3 nitrogen and oxygen atoms in total. The number of fused-ring (bicyclic) bond motifs is 1. The van der Waals surface area contributed by atoms with Gasteiger partial charge in [-0.15, -0.1) is 0 Å². The molecular weight excluding hydrogens is 224 g/mol. The van der Waals surface area contributed by atoms with Gasteiger partial charge in [0.05, 0.1) is 11.0 Å². The Bertz CT molecular complexity index is 490. The summed E-state index contributed by atoms with van der Waals surface area (Å²) in [5.41, 5.74) is 2.35. The van der Waals surface area contributed by atoms with Crippen molar-refractivity contribution in [3.05, 3.63) is 30.1 Å². The van der Waals surface area contributed by atoms with Crippen molar-refractivity contribution in [1.82, 2.24) is 9.55 Å². The quantitative estimate of drug-likeness (QED) is 0.762. The number of nitrogens with zero attached hydrogens (tertiary/aromatic N) is 2. The van der Waals surface area contributed by atoms with E-state index in [-0.39, 0.29) is 0 Å². The fraction of sp³-hybridized carbons (Fsp3) is 0.533. The number of aliphatic hydroxyl groups excluding tert-OH is 1. The summed E-state index contributed by atoms with van der Waals surface area (Å²) in [6.07, 6.45) is 5.35. The fourth-order valence-electron chi connectivity index (χ4n) is 2.38. The van der Waals surface area contributed by atoms with Crippen LogP contribution in [0.5, 0.6) is 0 Å². The van der Waals surface area contributed by atoms with Gasteiger partial charge in [0.1, 0.15) is 5.82 Å². The second kappa shape index (κ2) is 6.55. The molecule has 0 fully saturated rings. The van der Waals surface area contributed by atoms with E-state index in [4.69, 9.17) is 5.11 Å². The maximum atomic E-state index is 8.76. The van der Waals surface area contributed by atoms with Crippen molar-refractivity contribution in [2.24, 2.45) is 0 Å². The third kappa shape index (κ3) is 2.91. The highest BCUT2D eigenvalue weighted by Crippen LogP contribution is 2.17. The first-order valence-electron chi connectivity index (χ1n) is 6.91. The Balaban J connectivity index is 2.06. The summed E-state index contributed by atoms with van der Waals surface area (Å²) in [5, 5.41) is 8.76. The predicted molar refractivity (Wildman–Crippen MR) is 74.7 cm³/mol. The maximum absolute atomic E-state index is 8.76. The Morgan fingerprint density at radius 3 is 2.67 bits per heavy atom. The number of aromatic nitrogens is 2. The molecule has 1 aromatic carbocycles. The van der Waals surface area contributed by atoms with Crippen molar-refractivity contribution >= 4 is 11.0 Å². The summed E-state index contributed by atoms with van der Waals surface area (Å²) in [7, 11) is 0. The van der Waals surface area contributed by atoms with Crippen molar-refractivity contribution in [3.8, 4) is 0 Å². The summed E-state index contributed by atoms with van der Waals surface area (Å²) >= 11 is 0. The first-order chi connectivity index (χ1) is 8.86. The van der Waals surface area contributed by atoms with E-state index in [0.29, 0.717) is 6.61 Å². The fourth-order valence-corrected chi connectivity index (χ4v) is 2.38. The minimum atomic E-state index is 0.314. The molecule has 18 heavy (non-hydrogen) atoms. The highest BCUT2D eigenvalue weighted by molar-refractivity contribution is 5.75. The minimum Gasteiger partial charge on any atom is -0.396 e. The topological polar surface area (TPSA) is 38.0 Å². The largest absolute Gasteiger partial charge is 0.396 e. The van der Waals surface area contributed by atoms with Crippen LogP contribution < -0.4 is 0 Å². The van der Waals surface area contributed by atoms with E-state index < -0.39 is 0 Å². The van der Waals surface area contributed by atoms with Crippen molar-refractivity contribution in [2.45, 2.75) is 45.6 Å². The molecule has 0 saturated carbocycles. The number of imidazole rings is 1. The first-order valence-corrected chi connectivity index (χ1v) is 6.91. The first kappa shape index (κ1) is 13.1. The SMILES string of the molecule is CCc1nc2ccccc2n1CCCCCCO. The van der Waals surface area contributed by atoms with Crippen LogP contribution in [-0.4, -0.2) is 21.3 Å². The third-order valence-electron chi connectivity index (χ3n) is 3.34. The number of rotatable bonds is 7. The Morgan fingerprint density at radius 1 is 1.11 bits per heavy atom. The zero-order valence-electron chi connectivity index (χ0n) is 11.1. The molecule has 2 aromatic rings. The molecular formula is C15H22N2O. The molecule has 1 aromatic heterocycles. The average Bonchev–Trinajstić information content (AvgIpc) is 2.77. The van der Waals surface area contributed by atoms with Gasteiger partial charge in [0, 0.05) is 19.6 Å². The van der Waals surface area contributed by atoms with Gasteiger partial charge in [-0.05, 0) is 25.0 Å². The maximum Gasteiger partial charge on any atom is 0.109 e. The molecule has 0 spiro atoms. The highest BCUT2D eigenvalue weighted by atomic mass is 16.2. The van der Waals surface area contributed by atoms with Crippen LogP contribution in [-0.2, 0) is 13.0 Å². The van der Waals surface area contributed by atoms with Gasteiger partial charge in [0.25, 0.3) is 0 Å². The monoisotopic (exact) mass is 246 g/mol. The van der Waals surface area contributed by atoms with Crippen LogP contribution in [0.2, 0.25) is 0 Å². The lowest BCUT2D eigenvalue weighted by Crippen LogP contribution is -2.03. The number of para-hydroxylation sites is 2. The van der Waals surface area contributed by atoms with Crippen LogP contribution in [0.25, 0.3) is 11.0 Å². The summed E-state index contributed by atoms with van der Waals surface area (Å²) in [6.45, 7) is 3.51. The van der Waals surface area contributed by atoms with Gasteiger partial charge >= 0.3 is 0 Å². The zero-order valence-corrected chi connectivity index (χ0v) is 11.1. The van der Waals surface area contributed by atoms with Crippen molar-refractivity contribution in [1.29, 1.82) is 0 Å². The van der Waals surface area contributed by atoms with Crippen molar-refractivity contribution in [2.75, 3.05) is 6.61 Å². The molecule has 0 aliphatic carbocycles. The molecule has 0 aliphatic rings. The Hall–Kier alpha value is -1.35. The molecule has 0 radical (unpaired) electrons. The summed E-state index contributed by atoms with van der Waals surface area (Å²) < 4.78 is 2.34. The Kier molecular flexibility index (Phi) is 4.76. The van der Waals surface area contributed by atoms with E-state index in [0.717, 1.165) is 37.7 Å². The molecule has 2 rings (SSSR count). The number of aliphatic hydroxyl groups is 1. The standard InChI is InChI=1S/C15H22N2O/c1-2-15-16-13-9-5-6-10-14(13)17(15)11-7-3-4-8-12-18/h5-6,9-10,18H,2-4,7-8,11-12H2,1H3. The highest BCUT2D eigenvalue weighted by Gasteiger charge is 2.07. The van der Waals surface area contributed by atoms with E-state index >= 15 is 0 Å². The average molecular weight is 246 g/mol. The molecule has 0 unspecified atom stereocenters. The van der Waals surface area contributed by atoms with Gasteiger partial charge in [-0.2, -0.15) is 0 Å². The van der Waals surface area contributed by atoms with E-state index in [9.17, 15) is 0 Å². The number of unbranched alkanes of at least 4 members (excludes halogenated alkanes) is 3. The third-order valence-corrected chi connectivity index (χ3v) is 3.34. The van der Waals surface area contributed by atoms with Crippen LogP contribution >= 0.6 is 0 Å². The van der Waals surface area contributed by atoms with Gasteiger partial charge in [0.2, 0.25) is 0 Å². The van der Waals surface area contributed by atoms with Gasteiger partial charge in [-0.1, -0.05) is 31.9 Å². The second-order valence-electron chi connectivity index (χ2n) is 4.66. The second-order valence-corrected chi connectivity index (χ2v) is 4.66. The summed E-state index contributed by atoms with van der Waals surface area (Å²) in [4.78, 5) is 4.67. The van der Waals surface area contributed by atoms with Crippen LogP contribution in [0, 0.1) is 0 Å². The van der Waals surface area contributed by atoms with Crippen molar-refractivity contribution < 1.29 is 5.11 Å². The van der Waals surface area contributed by atoms with E-state index in [1.165, 1.54) is 17.8 Å². The Morgan fingerprint density at radius 2 is 1.89 bits per heavy atom. The van der Waals surface area contributed by atoms with Gasteiger partial charge in [0.15, 0.2) is 0 Å². The lowest BCUT2D eigenvalue weighted by atomic mass is 10.2. The molecule has 0 amide bonds. The lowest BCUT2D eigenvalue weighted by molar-refractivity contribution is 0.282. The predicted octanol–water partition coefficient (Wildman–Crippen LogP) is 3.15. The van der Waals surface area contributed by atoms with E-state index in [1.807, 2.05) is 6.07 Å². The molecule has 98 valence electrons. The molecule has 1 heterocycles. The van der Waals surface area contributed by atoms with E-state index in [2.05, 4.69) is 34.7 Å². The summed E-state index contributed by atoms with van der Waals surface area (Å²) in [5.74, 6) is 1.18. The van der Waals surface area contributed by atoms with Gasteiger partial charge in [-0.3, -0.25) is 0 Å². The summed E-state index contributed by atoms with van der Waals surface area (Å²) in [6, 6.07) is 8.35. The molecule has 3 heteroatoms. The molecule has 0 aliphatic heterocycles. The van der Waals surface area contributed by atoms with Crippen molar-refractivity contribution in [3.63, 3.8) is 0 Å². The van der Waals surface area contributed by atoms with E-state index in [1.54, 1.807) is 0 Å². The Labute approximate surface area is 108 Å². The van der Waals surface area contributed by atoms with Gasteiger partial charge in [-0.25, -0.2) is 4.98 Å².